The molecule has 2 N–H and O–H groups in total. The lowest BCUT2D eigenvalue weighted by Gasteiger charge is -2.33. The van der Waals surface area contributed by atoms with Gasteiger partial charge in [-0.25, -0.2) is 15.0 Å². The molecule has 0 unspecified atom stereocenters. The quantitative estimate of drug-likeness (QED) is 0.765. The van der Waals surface area contributed by atoms with Gasteiger partial charge >= 0.3 is 0 Å². The predicted molar refractivity (Wildman–Crippen MR) is 97.4 cm³/mol. The highest BCUT2D eigenvalue weighted by Crippen LogP contribution is 2.31. The van der Waals surface area contributed by atoms with Gasteiger partial charge in [-0.15, -0.1) is 0 Å². The molecule has 25 heavy (non-hydrogen) atoms. The lowest BCUT2D eigenvalue weighted by atomic mass is 9.95. The van der Waals surface area contributed by atoms with Crippen molar-refractivity contribution < 1.29 is 4.79 Å². The zero-order valence-electron chi connectivity index (χ0n) is 14.5. The van der Waals surface area contributed by atoms with Gasteiger partial charge in [-0.2, -0.15) is 0 Å². The van der Waals surface area contributed by atoms with E-state index < -0.39 is 0 Å². The van der Waals surface area contributed by atoms with Crippen LogP contribution in [0.25, 0.3) is 21.9 Å². The summed E-state index contributed by atoms with van der Waals surface area (Å²) >= 11 is 0. The molecular weight excluding hydrogens is 316 g/mol. The van der Waals surface area contributed by atoms with E-state index in [0.29, 0.717) is 0 Å². The first-order chi connectivity index (χ1) is 12.1. The molecule has 4 heterocycles. The number of aromatic amines is 1. The fraction of sp³-hybridized carbons (Fsp3) is 0.444. The first-order valence-electron chi connectivity index (χ1n) is 8.75. The third-order valence-electron chi connectivity index (χ3n) is 4.76. The molecule has 0 bridgehead atoms. The van der Waals surface area contributed by atoms with E-state index in [1.165, 1.54) is 0 Å². The Hall–Kier alpha value is -2.70. The van der Waals surface area contributed by atoms with Crippen LogP contribution in [-0.2, 0) is 4.79 Å². The fourth-order valence-electron chi connectivity index (χ4n) is 3.54. The molecule has 3 aromatic heterocycles. The third kappa shape index (κ3) is 2.90. The maximum absolute atomic E-state index is 12.2. The van der Waals surface area contributed by atoms with Gasteiger partial charge in [0.05, 0.1) is 17.1 Å². The molecule has 0 saturated carbocycles. The van der Waals surface area contributed by atoms with Gasteiger partial charge < -0.3 is 15.2 Å². The number of fused-ring (bicyclic) bond motifs is 3. The fourth-order valence-corrected chi connectivity index (χ4v) is 3.54. The van der Waals surface area contributed by atoms with Gasteiger partial charge in [0.25, 0.3) is 0 Å². The van der Waals surface area contributed by atoms with E-state index in [1.807, 2.05) is 26.1 Å². The molecule has 0 aromatic carbocycles. The van der Waals surface area contributed by atoms with E-state index >= 15 is 0 Å². The Kier molecular flexibility index (Phi) is 3.99. The van der Waals surface area contributed by atoms with Crippen LogP contribution in [-0.4, -0.2) is 45.0 Å². The molecule has 0 spiro atoms. The minimum absolute atomic E-state index is 0.0840. The number of aromatic nitrogens is 4. The molecule has 1 aliphatic heterocycles. The number of hydrogen-bond acceptors (Lipinski definition) is 5. The van der Waals surface area contributed by atoms with Crippen molar-refractivity contribution >= 4 is 33.7 Å². The largest absolute Gasteiger partial charge is 0.356 e. The molecule has 1 fully saturated rings. The van der Waals surface area contributed by atoms with Gasteiger partial charge in [0, 0.05) is 36.6 Å². The van der Waals surface area contributed by atoms with Gasteiger partial charge in [-0.3, -0.25) is 4.79 Å². The van der Waals surface area contributed by atoms with Crippen molar-refractivity contribution in [2.45, 2.75) is 32.7 Å². The molecule has 1 amide bonds. The number of rotatable bonds is 3. The van der Waals surface area contributed by atoms with Gasteiger partial charge in [0.2, 0.25) is 5.91 Å². The zero-order valence-corrected chi connectivity index (χ0v) is 14.5. The Morgan fingerprint density at radius 3 is 2.84 bits per heavy atom. The summed E-state index contributed by atoms with van der Waals surface area (Å²) in [5, 5.41) is 5.08. The molecule has 7 nitrogen and oxygen atoms in total. The van der Waals surface area contributed by atoms with Gasteiger partial charge in [-0.1, -0.05) is 0 Å². The Labute approximate surface area is 145 Å². The summed E-state index contributed by atoms with van der Waals surface area (Å²) in [4.78, 5) is 31.0. The second kappa shape index (κ2) is 6.31. The van der Waals surface area contributed by atoms with E-state index in [4.69, 9.17) is 0 Å². The topological polar surface area (TPSA) is 86.8 Å². The number of piperidine rings is 1. The second-order valence-corrected chi connectivity index (χ2v) is 6.88. The van der Waals surface area contributed by atoms with E-state index in [0.717, 1.165) is 53.7 Å². The number of nitrogens with one attached hydrogen (secondary N) is 2. The summed E-state index contributed by atoms with van der Waals surface area (Å²) in [6.45, 7) is 5.62. The first kappa shape index (κ1) is 15.8. The summed E-state index contributed by atoms with van der Waals surface area (Å²) in [7, 11) is 0. The normalized spacial score (nSPS) is 16.0. The van der Waals surface area contributed by atoms with Crippen molar-refractivity contribution in [2.24, 2.45) is 5.92 Å². The van der Waals surface area contributed by atoms with Crippen LogP contribution in [0.15, 0.2) is 24.8 Å². The molecule has 0 atom stereocenters. The summed E-state index contributed by atoms with van der Waals surface area (Å²) in [6.07, 6.45) is 6.94. The molecule has 1 saturated heterocycles. The predicted octanol–water partition coefficient (Wildman–Crippen LogP) is 2.25. The summed E-state index contributed by atoms with van der Waals surface area (Å²) < 4.78 is 0. The van der Waals surface area contributed by atoms with Crippen LogP contribution in [0.5, 0.6) is 0 Å². The average molecular weight is 338 g/mol. The lowest BCUT2D eigenvalue weighted by molar-refractivity contribution is -0.126. The van der Waals surface area contributed by atoms with E-state index in [1.54, 1.807) is 12.5 Å². The second-order valence-electron chi connectivity index (χ2n) is 6.88. The van der Waals surface area contributed by atoms with Crippen LogP contribution in [0.4, 0.5) is 5.82 Å². The Balaban J connectivity index is 1.61. The van der Waals surface area contributed by atoms with Crippen LogP contribution in [0.3, 0.4) is 0 Å². The third-order valence-corrected chi connectivity index (χ3v) is 4.76. The van der Waals surface area contributed by atoms with Crippen LogP contribution >= 0.6 is 0 Å². The Bertz CT molecular complexity index is 910. The SMILES string of the molecule is CC(C)NC(=O)C1CCN(c2ncnc3cnc4[nH]ccc4c23)CC1. The van der Waals surface area contributed by atoms with Crippen LogP contribution in [0.1, 0.15) is 26.7 Å². The molecule has 4 rings (SSSR count). The molecular formula is C18H22N6O. The van der Waals surface area contributed by atoms with Crippen molar-refractivity contribution in [3.8, 4) is 0 Å². The van der Waals surface area contributed by atoms with E-state index in [-0.39, 0.29) is 17.9 Å². The number of H-pyrrole nitrogens is 1. The highest BCUT2D eigenvalue weighted by atomic mass is 16.1. The average Bonchev–Trinajstić information content (AvgIpc) is 3.09. The number of pyridine rings is 1. The number of nitrogens with zero attached hydrogens (tertiary/aromatic N) is 4. The smallest absolute Gasteiger partial charge is 0.223 e. The zero-order chi connectivity index (χ0) is 17.4. The van der Waals surface area contributed by atoms with Crippen LogP contribution < -0.4 is 10.2 Å². The maximum Gasteiger partial charge on any atom is 0.223 e. The minimum atomic E-state index is 0.0840. The van der Waals surface area contributed by atoms with Gasteiger partial charge in [-0.05, 0) is 32.8 Å². The summed E-state index contributed by atoms with van der Waals surface area (Å²) in [5.41, 5.74) is 1.69. The highest BCUT2D eigenvalue weighted by molar-refractivity contribution is 6.08. The van der Waals surface area contributed by atoms with E-state index in [9.17, 15) is 4.79 Å². The van der Waals surface area contributed by atoms with Crippen LogP contribution in [0.2, 0.25) is 0 Å². The van der Waals surface area contributed by atoms with Crippen molar-refractivity contribution in [3.63, 3.8) is 0 Å². The van der Waals surface area contributed by atoms with Crippen molar-refractivity contribution in [1.82, 2.24) is 25.3 Å². The molecule has 130 valence electrons. The number of carbonyl (C=O) groups is 1. The number of carbonyl (C=O) groups excluding carboxylic acids is 1. The summed E-state index contributed by atoms with van der Waals surface area (Å²) in [6, 6.07) is 2.20. The molecule has 0 aliphatic carbocycles. The highest BCUT2D eigenvalue weighted by Gasteiger charge is 2.27. The maximum atomic E-state index is 12.2. The minimum Gasteiger partial charge on any atom is -0.356 e. The number of anilines is 1. The van der Waals surface area contributed by atoms with Crippen LogP contribution in [0, 0.1) is 5.92 Å². The van der Waals surface area contributed by atoms with Crippen molar-refractivity contribution in [3.05, 3.63) is 24.8 Å². The first-order valence-corrected chi connectivity index (χ1v) is 8.75. The Morgan fingerprint density at radius 2 is 2.08 bits per heavy atom. The molecule has 0 radical (unpaired) electrons. The summed E-state index contributed by atoms with van der Waals surface area (Å²) in [5.74, 6) is 1.18. The van der Waals surface area contributed by atoms with E-state index in [2.05, 4.69) is 30.2 Å². The standard InChI is InChI=1S/C18H22N6O/c1-11(2)23-18(25)12-4-7-24(8-5-12)17-15-13-3-6-19-16(13)20-9-14(15)21-10-22-17/h3,6,9-12H,4-5,7-8H2,1-2H3,(H,19,20)(H,23,25). The Morgan fingerprint density at radius 1 is 1.28 bits per heavy atom. The van der Waals surface area contributed by atoms with Crippen molar-refractivity contribution in [2.75, 3.05) is 18.0 Å². The van der Waals surface area contributed by atoms with Gasteiger partial charge in [0.15, 0.2) is 0 Å². The van der Waals surface area contributed by atoms with Crippen molar-refractivity contribution in [1.29, 1.82) is 0 Å². The van der Waals surface area contributed by atoms with Gasteiger partial charge in [0.1, 0.15) is 17.8 Å². The molecule has 7 heteroatoms. The molecule has 3 aromatic rings. The number of hydrogen-bond donors (Lipinski definition) is 2. The molecule has 1 aliphatic rings. The monoisotopic (exact) mass is 338 g/mol. The lowest BCUT2D eigenvalue weighted by Crippen LogP contribution is -2.42. The number of amides is 1.